The van der Waals surface area contributed by atoms with Crippen LogP contribution in [0.3, 0.4) is 0 Å². The van der Waals surface area contributed by atoms with Crippen molar-refractivity contribution in [3.8, 4) is 11.5 Å². The van der Waals surface area contributed by atoms with Gasteiger partial charge in [-0.3, -0.25) is 4.79 Å². The number of benzene rings is 2. The number of rotatable bonds is 4. The van der Waals surface area contributed by atoms with Crippen molar-refractivity contribution in [2.75, 3.05) is 31.8 Å². The van der Waals surface area contributed by atoms with Gasteiger partial charge in [0.05, 0.1) is 19.3 Å². The molecule has 2 heterocycles. The first-order chi connectivity index (χ1) is 13.8. The third-order valence-corrected chi connectivity index (χ3v) is 5.28. The number of anilines is 2. The van der Waals surface area contributed by atoms with E-state index in [1.807, 2.05) is 4.90 Å². The number of alkyl halides is 1. The SMILES string of the molecule is COc1cc(N2COc3cc(C(=O)N4CCC(C)(F)C4)ccc32)ccc1C(=O)O. The molecule has 1 atom stereocenters. The van der Waals surface area contributed by atoms with Gasteiger partial charge in [-0.1, -0.05) is 0 Å². The predicted octanol–water partition coefficient (Wildman–Crippen LogP) is 3.46. The average molecular weight is 400 g/mol. The maximum Gasteiger partial charge on any atom is 0.339 e. The number of aromatic carboxylic acids is 1. The number of ether oxygens (including phenoxy) is 2. The lowest BCUT2D eigenvalue weighted by Crippen LogP contribution is -2.31. The number of hydrogen-bond acceptors (Lipinski definition) is 5. The van der Waals surface area contributed by atoms with E-state index in [-0.39, 0.29) is 30.5 Å². The van der Waals surface area contributed by atoms with Crippen molar-refractivity contribution in [1.82, 2.24) is 4.90 Å². The fourth-order valence-electron chi connectivity index (χ4n) is 3.71. The van der Waals surface area contributed by atoms with Crippen molar-refractivity contribution in [2.45, 2.75) is 19.0 Å². The minimum Gasteiger partial charge on any atom is -0.496 e. The third kappa shape index (κ3) is 3.46. The van der Waals surface area contributed by atoms with Crippen LogP contribution in [-0.2, 0) is 0 Å². The molecule has 0 aliphatic carbocycles. The van der Waals surface area contributed by atoms with E-state index in [0.29, 0.717) is 30.0 Å². The highest BCUT2D eigenvalue weighted by Gasteiger charge is 2.36. The third-order valence-electron chi connectivity index (χ3n) is 5.28. The van der Waals surface area contributed by atoms with Gasteiger partial charge in [-0.2, -0.15) is 0 Å². The summed E-state index contributed by atoms with van der Waals surface area (Å²) in [6.45, 7) is 2.21. The molecule has 1 fully saturated rings. The van der Waals surface area contributed by atoms with Crippen LogP contribution in [0.5, 0.6) is 11.5 Å². The van der Waals surface area contributed by atoms with Crippen LogP contribution in [0, 0.1) is 0 Å². The summed E-state index contributed by atoms with van der Waals surface area (Å²) in [4.78, 5) is 27.3. The normalized spacial score (nSPS) is 20.4. The molecule has 0 radical (unpaired) electrons. The van der Waals surface area contributed by atoms with Crippen LogP contribution in [0.2, 0.25) is 0 Å². The number of nitrogens with zero attached hydrogens (tertiary/aromatic N) is 2. The van der Waals surface area contributed by atoms with Crippen molar-refractivity contribution >= 4 is 23.3 Å². The second-order valence-electron chi connectivity index (χ2n) is 7.46. The zero-order valence-corrected chi connectivity index (χ0v) is 16.1. The second-order valence-corrected chi connectivity index (χ2v) is 7.46. The quantitative estimate of drug-likeness (QED) is 0.847. The number of carbonyl (C=O) groups is 2. The molecule has 1 N–H and O–H groups in total. The van der Waals surface area contributed by atoms with E-state index < -0.39 is 11.6 Å². The maximum absolute atomic E-state index is 14.1. The summed E-state index contributed by atoms with van der Waals surface area (Å²) in [6, 6.07) is 9.92. The number of amides is 1. The highest BCUT2D eigenvalue weighted by Crippen LogP contribution is 2.41. The van der Waals surface area contributed by atoms with Gasteiger partial charge < -0.3 is 24.4 Å². The van der Waals surface area contributed by atoms with E-state index in [1.165, 1.54) is 25.0 Å². The van der Waals surface area contributed by atoms with E-state index in [4.69, 9.17) is 9.47 Å². The van der Waals surface area contributed by atoms with Crippen molar-refractivity contribution in [3.05, 3.63) is 47.5 Å². The summed E-state index contributed by atoms with van der Waals surface area (Å²) >= 11 is 0. The Kier molecular flexibility index (Phi) is 4.56. The number of halogens is 1. The molecule has 152 valence electrons. The molecule has 2 aliphatic rings. The zero-order valence-electron chi connectivity index (χ0n) is 16.1. The van der Waals surface area contributed by atoms with Gasteiger partial charge in [0.25, 0.3) is 5.91 Å². The van der Waals surface area contributed by atoms with Gasteiger partial charge in [0.15, 0.2) is 6.73 Å². The molecule has 0 aromatic heterocycles. The van der Waals surface area contributed by atoms with Gasteiger partial charge in [-0.15, -0.1) is 0 Å². The number of carbonyl (C=O) groups excluding carboxylic acids is 1. The summed E-state index contributed by atoms with van der Waals surface area (Å²) in [6.07, 6.45) is 0.335. The number of carboxylic acids is 1. The Bertz CT molecular complexity index is 991. The fourth-order valence-corrected chi connectivity index (χ4v) is 3.71. The molecule has 2 aliphatic heterocycles. The lowest BCUT2D eigenvalue weighted by Gasteiger charge is -2.19. The molecule has 7 nitrogen and oxygen atoms in total. The molecule has 29 heavy (non-hydrogen) atoms. The van der Waals surface area contributed by atoms with Crippen molar-refractivity contribution in [3.63, 3.8) is 0 Å². The number of likely N-dealkylation sites (tertiary alicyclic amines) is 1. The molecule has 1 amide bonds. The van der Waals surface area contributed by atoms with Gasteiger partial charge in [0.2, 0.25) is 0 Å². The molecule has 2 aromatic rings. The summed E-state index contributed by atoms with van der Waals surface area (Å²) in [5.41, 5.74) is 0.631. The van der Waals surface area contributed by atoms with Gasteiger partial charge >= 0.3 is 5.97 Å². The minimum atomic E-state index is -1.35. The molecular formula is C21H21FN2O5. The monoisotopic (exact) mass is 400 g/mol. The van der Waals surface area contributed by atoms with Gasteiger partial charge in [0, 0.05) is 30.3 Å². The van der Waals surface area contributed by atoms with Crippen LogP contribution in [-0.4, -0.2) is 54.5 Å². The predicted molar refractivity (Wildman–Crippen MR) is 104 cm³/mol. The Balaban J connectivity index is 1.59. The molecule has 2 aromatic carbocycles. The van der Waals surface area contributed by atoms with Gasteiger partial charge in [-0.05, 0) is 37.3 Å². The Hall–Kier alpha value is -3.29. The number of hydrogen-bond donors (Lipinski definition) is 1. The van der Waals surface area contributed by atoms with Crippen LogP contribution < -0.4 is 14.4 Å². The van der Waals surface area contributed by atoms with E-state index in [1.54, 1.807) is 30.3 Å². The fraction of sp³-hybridized carbons (Fsp3) is 0.333. The molecule has 4 rings (SSSR count). The molecule has 0 bridgehead atoms. The largest absolute Gasteiger partial charge is 0.496 e. The van der Waals surface area contributed by atoms with Gasteiger partial charge in [0.1, 0.15) is 22.7 Å². The first-order valence-corrected chi connectivity index (χ1v) is 9.23. The molecule has 0 saturated carbocycles. The zero-order chi connectivity index (χ0) is 20.8. The van der Waals surface area contributed by atoms with Crippen LogP contribution in [0.25, 0.3) is 0 Å². The van der Waals surface area contributed by atoms with Crippen LogP contribution >= 0.6 is 0 Å². The first kappa shape index (κ1) is 19.0. The lowest BCUT2D eigenvalue weighted by molar-refractivity contribution is 0.0692. The number of carboxylic acid groups (broad SMARTS) is 1. The topological polar surface area (TPSA) is 79.3 Å². The minimum absolute atomic E-state index is 0.0722. The van der Waals surface area contributed by atoms with Crippen molar-refractivity contribution in [2.24, 2.45) is 0 Å². The number of methoxy groups -OCH3 is 1. The highest BCUT2D eigenvalue weighted by molar-refractivity contribution is 5.96. The maximum atomic E-state index is 14.1. The Morgan fingerprint density at radius 3 is 2.69 bits per heavy atom. The van der Waals surface area contributed by atoms with Crippen LogP contribution in [0.15, 0.2) is 36.4 Å². The Morgan fingerprint density at radius 2 is 2.03 bits per heavy atom. The summed E-state index contributed by atoms with van der Waals surface area (Å²) < 4.78 is 25.0. The summed E-state index contributed by atoms with van der Waals surface area (Å²) in [5.74, 6) is -0.498. The summed E-state index contributed by atoms with van der Waals surface area (Å²) in [5, 5.41) is 9.24. The summed E-state index contributed by atoms with van der Waals surface area (Å²) in [7, 11) is 1.42. The average Bonchev–Trinajstić information content (AvgIpc) is 3.29. The molecule has 1 unspecified atom stereocenters. The molecule has 1 saturated heterocycles. The molecular weight excluding hydrogens is 379 g/mol. The second kappa shape index (κ2) is 6.95. The highest BCUT2D eigenvalue weighted by atomic mass is 19.1. The lowest BCUT2D eigenvalue weighted by atomic mass is 10.1. The molecule has 0 spiro atoms. The van der Waals surface area contributed by atoms with Crippen molar-refractivity contribution in [1.29, 1.82) is 0 Å². The smallest absolute Gasteiger partial charge is 0.339 e. The van der Waals surface area contributed by atoms with E-state index >= 15 is 0 Å². The Labute approximate surface area is 167 Å². The molecule has 8 heteroatoms. The van der Waals surface area contributed by atoms with Crippen molar-refractivity contribution < 1.29 is 28.6 Å². The van der Waals surface area contributed by atoms with E-state index in [2.05, 4.69) is 0 Å². The van der Waals surface area contributed by atoms with Crippen LogP contribution in [0.4, 0.5) is 15.8 Å². The van der Waals surface area contributed by atoms with E-state index in [9.17, 15) is 19.1 Å². The van der Waals surface area contributed by atoms with Crippen LogP contribution in [0.1, 0.15) is 34.1 Å². The Morgan fingerprint density at radius 1 is 1.24 bits per heavy atom. The van der Waals surface area contributed by atoms with Gasteiger partial charge in [-0.25, -0.2) is 9.18 Å². The van der Waals surface area contributed by atoms with E-state index in [0.717, 1.165) is 5.69 Å². The first-order valence-electron chi connectivity index (χ1n) is 9.23. The number of fused-ring (bicyclic) bond motifs is 1. The standard InChI is InChI=1S/C21H21FN2O5/c1-21(22)7-8-23(11-21)19(25)13-3-6-16-18(9-13)29-12-24(16)14-4-5-15(20(26)27)17(10-14)28-2/h3-6,9-10H,7-8,11-12H2,1-2H3,(H,26,27).